The molecular formula is C18H18N4O3S. The molecule has 3 aromatic rings. The summed E-state index contributed by atoms with van der Waals surface area (Å²) in [7, 11) is 0. The summed E-state index contributed by atoms with van der Waals surface area (Å²) in [4.78, 5) is 20.7. The van der Waals surface area contributed by atoms with Crippen LogP contribution in [-0.2, 0) is 4.79 Å². The second-order valence-electron chi connectivity index (χ2n) is 5.29. The highest BCUT2D eigenvalue weighted by atomic mass is 32.2. The Morgan fingerprint density at radius 1 is 1.27 bits per heavy atom. The molecular weight excluding hydrogens is 352 g/mol. The molecule has 0 spiro atoms. The summed E-state index contributed by atoms with van der Waals surface area (Å²) in [5, 5.41) is 7.44. The first-order valence-corrected chi connectivity index (χ1v) is 9.05. The Labute approximate surface area is 155 Å². The lowest BCUT2D eigenvalue weighted by atomic mass is 10.3. The third kappa shape index (κ3) is 4.60. The average Bonchev–Trinajstić information content (AvgIpc) is 3.08. The summed E-state index contributed by atoms with van der Waals surface area (Å²) in [6.45, 7) is 4.26. The monoisotopic (exact) mass is 370 g/mol. The fraction of sp³-hybridized carbons (Fsp3) is 0.222. The molecule has 0 atom stereocenters. The quantitative estimate of drug-likeness (QED) is 0.636. The van der Waals surface area contributed by atoms with Crippen molar-refractivity contribution in [3.63, 3.8) is 0 Å². The SMILES string of the molecule is CCOc1ccc(NC(=O)CSc2ncccc2-c2noc(C)n2)cc1. The van der Waals surface area contributed by atoms with Gasteiger partial charge >= 0.3 is 0 Å². The third-order valence-corrected chi connectivity index (χ3v) is 4.33. The smallest absolute Gasteiger partial charge is 0.234 e. The van der Waals surface area contributed by atoms with E-state index in [0.29, 0.717) is 29.0 Å². The van der Waals surface area contributed by atoms with Crippen molar-refractivity contribution in [1.82, 2.24) is 15.1 Å². The van der Waals surface area contributed by atoms with Gasteiger partial charge in [-0.3, -0.25) is 4.79 Å². The maximum Gasteiger partial charge on any atom is 0.234 e. The molecule has 26 heavy (non-hydrogen) atoms. The molecule has 2 heterocycles. The number of hydrogen-bond donors (Lipinski definition) is 1. The number of anilines is 1. The van der Waals surface area contributed by atoms with Crippen molar-refractivity contribution in [3.8, 4) is 17.1 Å². The molecule has 0 aliphatic rings. The van der Waals surface area contributed by atoms with Gasteiger partial charge in [-0.2, -0.15) is 4.98 Å². The summed E-state index contributed by atoms with van der Waals surface area (Å²) in [5.74, 6) is 1.81. The zero-order valence-electron chi connectivity index (χ0n) is 14.4. The second kappa shape index (κ2) is 8.48. The van der Waals surface area contributed by atoms with Gasteiger partial charge in [-0.15, -0.1) is 0 Å². The molecule has 7 nitrogen and oxygen atoms in total. The van der Waals surface area contributed by atoms with Gasteiger partial charge in [0, 0.05) is 18.8 Å². The van der Waals surface area contributed by atoms with Gasteiger partial charge in [-0.1, -0.05) is 16.9 Å². The van der Waals surface area contributed by atoms with Crippen molar-refractivity contribution in [1.29, 1.82) is 0 Å². The Balaban J connectivity index is 1.61. The number of nitrogens with one attached hydrogen (secondary N) is 1. The minimum absolute atomic E-state index is 0.125. The molecule has 0 aliphatic heterocycles. The zero-order chi connectivity index (χ0) is 18.4. The van der Waals surface area contributed by atoms with Crippen molar-refractivity contribution in [2.75, 3.05) is 17.7 Å². The summed E-state index contributed by atoms with van der Waals surface area (Å²) in [6, 6.07) is 10.9. The number of thioether (sulfide) groups is 1. The number of hydrogen-bond acceptors (Lipinski definition) is 7. The number of benzene rings is 1. The molecule has 0 saturated carbocycles. The zero-order valence-corrected chi connectivity index (χ0v) is 15.2. The molecule has 0 fully saturated rings. The van der Waals surface area contributed by atoms with E-state index in [1.165, 1.54) is 11.8 Å². The lowest BCUT2D eigenvalue weighted by Crippen LogP contribution is -2.14. The van der Waals surface area contributed by atoms with Crippen molar-refractivity contribution >= 4 is 23.4 Å². The van der Waals surface area contributed by atoms with Crippen LogP contribution in [0.4, 0.5) is 5.69 Å². The van der Waals surface area contributed by atoms with Gasteiger partial charge < -0.3 is 14.6 Å². The first-order chi connectivity index (χ1) is 12.7. The van der Waals surface area contributed by atoms with Crippen LogP contribution in [0.15, 0.2) is 52.1 Å². The Morgan fingerprint density at radius 3 is 2.77 bits per heavy atom. The van der Waals surface area contributed by atoms with Gasteiger partial charge in [0.1, 0.15) is 10.8 Å². The lowest BCUT2D eigenvalue weighted by Gasteiger charge is -2.08. The van der Waals surface area contributed by atoms with Crippen molar-refractivity contribution in [2.24, 2.45) is 0 Å². The number of ether oxygens (including phenoxy) is 1. The number of carbonyl (C=O) groups excluding carboxylic acids is 1. The molecule has 0 aliphatic carbocycles. The second-order valence-corrected chi connectivity index (χ2v) is 6.25. The van der Waals surface area contributed by atoms with E-state index in [1.54, 1.807) is 19.2 Å². The highest BCUT2D eigenvalue weighted by molar-refractivity contribution is 8.00. The maximum atomic E-state index is 12.2. The number of amides is 1. The number of nitrogens with zero attached hydrogens (tertiary/aromatic N) is 3. The molecule has 0 radical (unpaired) electrons. The fourth-order valence-electron chi connectivity index (χ4n) is 2.22. The van der Waals surface area contributed by atoms with E-state index in [2.05, 4.69) is 20.4 Å². The lowest BCUT2D eigenvalue weighted by molar-refractivity contribution is -0.113. The van der Waals surface area contributed by atoms with E-state index in [9.17, 15) is 4.79 Å². The van der Waals surface area contributed by atoms with Crippen LogP contribution in [0.25, 0.3) is 11.4 Å². The molecule has 0 saturated heterocycles. The molecule has 134 valence electrons. The van der Waals surface area contributed by atoms with Gasteiger partial charge in [-0.05, 0) is 43.3 Å². The van der Waals surface area contributed by atoms with E-state index in [1.807, 2.05) is 37.3 Å². The topological polar surface area (TPSA) is 90.1 Å². The van der Waals surface area contributed by atoms with Gasteiger partial charge in [0.2, 0.25) is 17.6 Å². The van der Waals surface area contributed by atoms with Crippen LogP contribution >= 0.6 is 11.8 Å². The van der Waals surface area contributed by atoms with Crippen LogP contribution in [0.1, 0.15) is 12.8 Å². The van der Waals surface area contributed by atoms with E-state index < -0.39 is 0 Å². The van der Waals surface area contributed by atoms with Crippen LogP contribution < -0.4 is 10.1 Å². The van der Waals surface area contributed by atoms with Crippen LogP contribution in [-0.4, -0.2) is 33.4 Å². The standard InChI is InChI=1S/C18H18N4O3S/c1-3-24-14-8-6-13(7-9-14)21-16(23)11-26-18-15(5-4-10-19-18)17-20-12(2)25-22-17/h4-10H,3,11H2,1-2H3,(H,21,23). The minimum atomic E-state index is -0.125. The molecule has 0 unspecified atom stereocenters. The summed E-state index contributed by atoms with van der Waals surface area (Å²) < 4.78 is 10.4. The maximum absolute atomic E-state index is 12.2. The van der Waals surface area contributed by atoms with Crippen molar-refractivity contribution in [2.45, 2.75) is 18.9 Å². The number of pyridine rings is 1. The highest BCUT2D eigenvalue weighted by Gasteiger charge is 2.14. The van der Waals surface area contributed by atoms with Crippen molar-refractivity contribution < 1.29 is 14.1 Å². The third-order valence-electron chi connectivity index (χ3n) is 3.33. The van der Waals surface area contributed by atoms with E-state index in [4.69, 9.17) is 9.26 Å². The summed E-state index contributed by atoms with van der Waals surface area (Å²) >= 11 is 1.32. The molecule has 8 heteroatoms. The molecule has 1 N–H and O–H groups in total. The minimum Gasteiger partial charge on any atom is -0.494 e. The first-order valence-electron chi connectivity index (χ1n) is 8.07. The van der Waals surface area contributed by atoms with E-state index >= 15 is 0 Å². The van der Waals surface area contributed by atoms with Gasteiger partial charge in [0.15, 0.2) is 0 Å². The van der Waals surface area contributed by atoms with Crippen LogP contribution in [0.3, 0.4) is 0 Å². The van der Waals surface area contributed by atoms with Crippen molar-refractivity contribution in [3.05, 3.63) is 48.5 Å². The van der Waals surface area contributed by atoms with Gasteiger partial charge in [0.05, 0.1) is 17.9 Å². The fourth-order valence-corrected chi connectivity index (χ4v) is 3.01. The Kier molecular flexibility index (Phi) is 5.85. The van der Waals surface area contributed by atoms with Gasteiger partial charge in [0.25, 0.3) is 0 Å². The van der Waals surface area contributed by atoms with Crippen LogP contribution in [0.2, 0.25) is 0 Å². The average molecular weight is 370 g/mol. The number of aromatic nitrogens is 3. The first kappa shape index (κ1) is 17.9. The molecule has 1 amide bonds. The van der Waals surface area contributed by atoms with Crippen LogP contribution in [0.5, 0.6) is 5.75 Å². The number of rotatable bonds is 7. The number of aryl methyl sites for hydroxylation is 1. The van der Waals surface area contributed by atoms with Crippen LogP contribution in [0, 0.1) is 6.92 Å². The van der Waals surface area contributed by atoms with E-state index in [0.717, 1.165) is 11.3 Å². The summed E-state index contributed by atoms with van der Waals surface area (Å²) in [5.41, 5.74) is 1.46. The molecule has 3 rings (SSSR count). The van der Waals surface area contributed by atoms with E-state index in [-0.39, 0.29) is 11.7 Å². The predicted octanol–water partition coefficient (Wildman–Crippen LogP) is 3.57. The van der Waals surface area contributed by atoms with Gasteiger partial charge in [-0.25, -0.2) is 4.98 Å². The molecule has 2 aromatic heterocycles. The highest BCUT2D eigenvalue weighted by Crippen LogP contribution is 2.27. The number of carbonyl (C=O) groups is 1. The molecule has 1 aromatic carbocycles. The Bertz CT molecular complexity index is 880. The largest absolute Gasteiger partial charge is 0.494 e. The summed E-state index contributed by atoms with van der Waals surface area (Å²) in [6.07, 6.45) is 1.67. The normalized spacial score (nSPS) is 10.5. The Morgan fingerprint density at radius 2 is 2.08 bits per heavy atom. The predicted molar refractivity (Wildman–Crippen MR) is 99.2 cm³/mol. The molecule has 0 bridgehead atoms. The Hall–Kier alpha value is -2.87.